The lowest BCUT2D eigenvalue weighted by molar-refractivity contribution is 0.0452. The molecule has 1 amide bonds. The van der Waals surface area contributed by atoms with Gasteiger partial charge in [0.15, 0.2) is 0 Å². The van der Waals surface area contributed by atoms with Crippen LogP contribution in [0.15, 0.2) is 18.2 Å². The van der Waals surface area contributed by atoms with Gasteiger partial charge < -0.3 is 10.3 Å². The van der Waals surface area contributed by atoms with Crippen molar-refractivity contribution in [3.8, 4) is 0 Å². The number of carbonyl (C=O) groups is 1. The fourth-order valence-electron chi connectivity index (χ4n) is 2.57. The van der Waals surface area contributed by atoms with E-state index < -0.39 is 0 Å². The smallest absolute Gasteiger partial charge is 0.256 e. The zero-order valence-corrected chi connectivity index (χ0v) is 13.6. The molecule has 1 heterocycles. The molecule has 0 aromatic heterocycles. The van der Waals surface area contributed by atoms with Crippen molar-refractivity contribution in [3.05, 3.63) is 28.8 Å². The Labute approximate surface area is 131 Å². The highest BCUT2D eigenvalue weighted by Gasteiger charge is 2.28. The molecule has 0 aliphatic carbocycles. The molecule has 1 aliphatic rings. The maximum atomic E-state index is 12.6. The van der Waals surface area contributed by atoms with Gasteiger partial charge >= 0.3 is 0 Å². The number of carbonyl (C=O) groups excluding carboxylic acids is 1. The fourth-order valence-corrected chi connectivity index (χ4v) is 2.74. The molecule has 1 aromatic carbocycles. The predicted molar refractivity (Wildman–Crippen MR) is 86.5 cm³/mol. The van der Waals surface area contributed by atoms with Crippen LogP contribution in [0.2, 0.25) is 5.02 Å². The van der Waals surface area contributed by atoms with E-state index >= 15 is 0 Å². The number of rotatable bonds is 2. The van der Waals surface area contributed by atoms with Gasteiger partial charge in [0.1, 0.15) is 0 Å². The van der Waals surface area contributed by atoms with Crippen molar-refractivity contribution in [3.63, 3.8) is 0 Å². The van der Waals surface area contributed by atoms with Gasteiger partial charge in [-0.2, -0.15) is 0 Å². The average molecular weight is 311 g/mol. The van der Waals surface area contributed by atoms with E-state index in [1.54, 1.807) is 18.2 Å². The monoisotopic (exact) mass is 310 g/mol. The minimum Gasteiger partial charge on any atom is -0.336 e. The van der Waals surface area contributed by atoms with E-state index in [1.807, 2.05) is 4.90 Å². The van der Waals surface area contributed by atoms with Crippen LogP contribution in [-0.2, 0) is 0 Å². The summed E-state index contributed by atoms with van der Waals surface area (Å²) < 4.78 is 0. The summed E-state index contributed by atoms with van der Waals surface area (Å²) >= 11 is 5.99. The summed E-state index contributed by atoms with van der Waals surface area (Å²) in [6, 6.07) is 5.10. The highest BCUT2D eigenvalue weighted by atomic mass is 35.5. The first-order valence-electron chi connectivity index (χ1n) is 7.13. The number of benzene rings is 1. The Morgan fingerprint density at radius 2 is 1.86 bits per heavy atom. The average Bonchev–Trinajstić information content (AvgIpc) is 2.45. The lowest BCUT2D eigenvalue weighted by atomic mass is 10.0. The Morgan fingerprint density at radius 3 is 2.38 bits per heavy atom. The standard InChI is InChI=1S/C15H23ClN4O/c1-15(2,3)20-8-6-19(7-9-20)14(21)12-10-11(16)4-5-13(12)18-17/h4-5,10,18H,6-9,17H2,1-3H3. The number of nitrogens with one attached hydrogen (secondary N) is 1. The number of halogens is 1. The number of hydrazine groups is 1. The quantitative estimate of drug-likeness (QED) is 0.649. The third kappa shape index (κ3) is 3.67. The highest BCUT2D eigenvalue weighted by Crippen LogP contribution is 2.23. The van der Waals surface area contributed by atoms with Gasteiger partial charge in [-0.25, -0.2) is 0 Å². The summed E-state index contributed by atoms with van der Waals surface area (Å²) in [4.78, 5) is 16.9. The third-order valence-corrected chi connectivity index (χ3v) is 4.12. The molecule has 0 bridgehead atoms. The number of nitrogens with zero attached hydrogens (tertiary/aromatic N) is 2. The summed E-state index contributed by atoms with van der Waals surface area (Å²) in [6.07, 6.45) is 0. The van der Waals surface area contributed by atoms with Crippen molar-refractivity contribution in [1.82, 2.24) is 9.80 Å². The first-order valence-corrected chi connectivity index (χ1v) is 7.51. The van der Waals surface area contributed by atoms with Gasteiger partial charge in [0, 0.05) is 36.7 Å². The van der Waals surface area contributed by atoms with Crippen LogP contribution in [0, 0.1) is 0 Å². The van der Waals surface area contributed by atoms with Crippen LogP contribution in [0.4, 0.5) is 5.69 Å². The molecule has 0 atom stereocenters. The first kappa shape index (κ1) is 16.1. The normalized spacial score (nSPS) is 16.9. The number of amides is 1. The zero-order valence-electron chi connectivity index (χ0n) is 12.8. The molecule has 3 N–H and O–H groups in total. The van der Waals surface area contributed by atoms with Crippen LogP contribution in [0.25, 0.3) is 0 Å². The van der Waals surface area contributed by atoms with Crippen molar-refractivity contribution in [1.29, 1.82) is 0 Å². The molecule has 21 heavy (non-hydrogen) atoms. The summed E-state index contributed by atoms with van der Waals surface area (Å²) in [6.45, 7) is 9.76. The van der Waals surface area contributed by atoms with E-state index in [0.717, 1.165) is 13.1 Å². The van der Waals surface area contributed by atoms with E-state index in [-0.39, 0.29) is 11.4 Å². The van der Waals surface area contributed by atoms with E-state index in [4.69, 9.17) is 17.4 Å². The number of hydrogen-bond acceptors (Lipinski definition) is 4. The second kappa shape index (κ2) is 6.22. The van der Waals surface area contributed by atoms with Crippen LogP contribution in [-0.4, -0.2) is 47.4 Å². The van der Waals surface area contributed by atoms with Crippen molar-refractivity contribution in [2.75, 3.05) is 31.6 Å². The van der Waals surface area contributed by atoms with Gasteiger partial charge in [-0.1, -0.05) is 11.6 Å². The molecule has 116 valence electrons. The Balaban J connectivity index is 2.11. The summed E-state index contributed by atoms with van der Waals surface area (Å²) in [5, 5.41) is 0.533. The van der Waals surface area contributed by atoms with E-state index in [9.17, 15) is 4.79 Å². The molecule has 0 radical (unpaired) electrons. The van der Waals surface area contributed by atoms with Crippen LogP contribution < -0.4 is 11.3 Å². The number of hydrogen-bond donors (Lipinski definition) is 2. The number of nitrogen functional groups attached to an aromatic ring is 1. The molecule has 1 saturated heterocycles. The topological polar surface area (TPSA) is 61.6 Å². The lowest BCUT2D eigenvalue weighted by Crippen LogP contribution is -2.54. The van der Waals surface area contributed by atoms with Crippen molar-refractivity contribution < 1.29 is 4.79 Å². The van der Waals surface area contributed by atoms with Crippen molar-refractivity contribution in [2.24, 2.45) is 5.84 Å². The largest absolute Gasteiger partial charge is 0.336 e. The van der Waals surface area contributed by atoms with Crippen molar-refractivity contribution >= 4 is 23.2 Å². The molecule has 1 fully saturated rings. The maximum absolute atomic E-state index is 12.6. The molecular weight excluding hydrogens is 288 g/mol. The molecule has 0 spiro atoms. The van der Waals surface area contributed by atoms with Crippen LogP contribution >= 0.6 is 11.6 Å². The van der Waals surface area contributed by atoms with Gasteiger partial charge in [-0.3, -0.25) is 15.5 Å². The molecule has 0 saturated carbocycles. The van der Waals surface area contributed by atoms with Crippen molar-refractivity contribution in [2.45, 2.75) is 26.3 Å². The minimum atomic E-state index is -0.0287. The Kier molecular flexibility index (Phi) is 4.76. The highest BCUT2D eigenvalue weighted by molar-refractivity contribution is 6.31. The lowest BCUT2D eigenvalue weighted by Gasteiger charge is -2.42. The van der Waals surface area contributed by atoms with Crippen LogP contribution in [0.1, 0.15) is 31.1 Å². The summed E-state index contributed by atoms with van der Waals surface area (Å²) in [7, 11) is 0. The van der Waals surface area contributed by atoms with E-state index in [1.165, 1.54) is 0 Å². The van der Waals surface area contributed by atoms with E-state index in [2.05, 4.69) is 31.1 Å². The third-order valence-electron chi connectivity index (χ3n) is 3.88. The van der Waals surface area contributed by atoms with Gasteiger partial charge in [0.05, 0.1) is 11.3 Å². The van der Waals surface area contributed by atoms with Gasteiger partial charge in [-0.05, 0) is 39.0 Å². The molecule has 5 nitrogen and oxygen atoms in total. The van der Waals surface area contributed by atoms with Crippen LogP contribution in [0.5, 0.6) is 0 Å². The Hall–Kier alpha value is -1.30. The van der Waals surface area contributed by atoms with Gasteiger partial charge in [0.25, 0.3) is 5.91 Å². The Morgan fingerprint density at radius 1 is 1.24 bits per heavy atom. The molecule has 0 unspecified atom stereocenters. The summed E-state index contributed by atoms with van der Waals surface area (Å²) in [5.41, 5.74) is 3.82. The molecule has 1 aromatic rings. The number of nitrogens with two attached hydrogens (primary N) is 1. The first-order chi connectivity index (χ1) is 9.82. The summed E-state index contributed by atoms with van der Waals surface area (Å²) in [5.74, 6) is 5.45. The second-order valence-electron chi connectivity index (χ2n) is 6.28. The van der Waals surface area contributed by atoms with Gasteiger partial charge in [0.2, 0.25) is 0 Å². The maximum Gasteiger partial charge on any atom is 0.256 e. The zero-order chi connectivity index (χ0) is 15.6. The molecule has 1 aliphatic heterocycles. The van der Waals surface area contributed by atoms with Gasteiger partial charge in [-0.15, -0.1) is 0 Å². The Bertz CT molecular complexity index is 519. The number of piperazine rings is 1. The molecular formula is C15H23ClN4O. The second-order valence-corrected chi connectivity index (χ2v) is 6.72. The fraction of sp³-hybridized carbons (Fsp3) is 0.533. The SMILES string of the molecule is CC(C)(C)N1CCN(C(=O)c2cc(Cl)ccc2NN)CC1. The molecule has 2 rings (SSSR count). The minimum absolute atomic E-state index is 0.0287. The van der Waals surface area contributed by atoms with E-state index in [0.29, 0.717) is 29.4 Å². The number of anilines is 1. The molecule has 6 heteroatoms. The predicted octanol–water partition coefficient (Wildman–Crippen LogP) is 2.18. The van der Waals surface area contributed by atoms with Crippen LogP contribution in [0.3, 0.4) is 0 Å².